The van der Waals surface area contributed by atoms with E-state index in [1.807, 2.05) is 0 Å². The van der Waals surface area contributed by atoms with Gasteiger partial charge in [0.25, 0.3) is 0 Å². The van der Waals surface area contributed by atoms with Gasteiger partial charge in [0.2, 0.25) is 5.91 Å². The van der Waals surface area contributed by atoms with Crippen LogP contribution in [0.15, 0.2) is 24.3 Å². The molecule has 0 unspecified atom stereocenters. The highest BCUT2D eigenvalue weighted by Gasteiger charge is 2.48. The minimum Gasteiger partial charge on any atom is -0.496 e. The Labute approximate surface area is 108 Å². The van der Waals surface area contributed by atoms with Gasteiger partial charge in [-0.05, 0) is 6.07 Å². The van der Waals surface area contributed by atoms with E-state index in [2.05, 4.69) is 5.43 Å². The van der Waals surface area contributed by atoms with E-state index < -0.39 is 18.1 Å². The van der Waals surface area contributed by atoms with Crippen molar-refractivity contribution in [1.29, 1.82) is 0 Å². The number of nitrogens with zero attached hydrogens (tertiary/aromatic N) is 1. The Hall–Kier alpha value is -1.76. The Bertz CT molecular complexity index is 476. The minimum absolute atomic E-state index is 0.0142. The van der Waals surface area contributed by atoms with Crippen LogP contribution in [0.5, 0.6) is 5.75 Å². The summed E-state index contributed by atoms with van der Waals surface area (Å²) in [4.78, 5) is 11.1. The number of hydrazine groups is 1. The maximum absolute atomic E-state index is 13.3. The second kappa shape index (κ2) is 5.08. The van der Waals surface area contributed by atoms with Gasteiger partial charge in [0.15, 0.2) is 6.04 Å². The van der Waals surface area contributed by atoms with Crippen LogP contribution in [-0.4, -0.2) is 30.7 Å². The number of amides is 1. The lowest BCUT2D eigenvalue weighted by atomic mass is 10.0. The maximum atomic E-state index is 13.3. The second-order valence-corrected chi connectivity index (χ2v) is 4.16. The standard InChI is InChI=1S/C12H13F3N2O2/c1-19-9-5-3-2-4-8(9)11(12(13,14)15)17-7-6-10(18)16-17/h2-5,11H,6-7H2,1H3,(H,16,18)/t11-/m0/s1. The molecule has 1 aliphatic rings. The molecule has 0 aromatic heterocycles. The molecule has 1 atom stereocenters. The van der Waals surface area contributed by atoms with Crippen LogP contribution < -0.4 is 10.2 Å². The largest absolute Gasteiger partial charge is 0.496 e. The molecule has 104 valence electrons. The van der Waals surface area contributed by atoms with Gasteiger partial charge >= 0.3 is 6.18 Å². The highest BCUT2D eigenvalue weighted by atomic mass is 19.4. The first-order chi connectivity index (χ1) is 8.93. The third kappa shape index (κ3) is 2.81. The average Bonchev–Trinajstić information content (AvgIpc) is 2.74. The number of halogens is 3. The van der Waals surface area contributed by atoms with Gasteiger partial charge in [0, 0.05) is 18.5 Å². The molecule has 0 saturated carbocycles. The summed E-state index contributed by atoms with van der Waals surface area (Å²) in [5.74, 6) is -0.268. The first-order valence-corrected chi connectivity index (χ1v) is 5.69. The van der Waals surface area contributed by atoms with Crippen LogP contribution in [0, 0.1) is 0 Å². The normalized spacial score (nSPS) is 18.2. The molecular weight excluding hydrogens is 261 g/mol. The lowest BCUT2D eigenvalue weighted by molar-refractivity contribution is -0.191. The number of rotatable bonds is 3. The number of carbonyl (C=O) groups is 1. The van der Waals surface area contributed by atoms with Crippen molar-refractivity contribution in [3.63, 3.8) is 0 Å². The van der Waals surface area contributed by atoms with E-state index in [0.717, 1.165) is 5.01 Å². The lowest BCUT2D eigenvalue weighted by Gasteiger charge is -2.30. The van der Waals surface area contributed by atoms with E-state index in [0.29, 0.717) is 0 Å². The summed E-state index contributed by atoms with van der Waals surface area (Å²) in [6, 6.07) is 4.01. The zero-order valence-electron chi connectivity index (χ0n) is 10.2. The first-order valence-electron chi connectivity index (χ1n) is 5.69. The number of benzene rings is 1. The van der Waals surface area contributed by atoms with Gasteiger partial charge in [-0.2, -0.15) is 13.2 Å². The van der Waals surface area contributed by atoms with Crippen molar-refractivity contribution in [3.05, 3.63) is 29.8 Å². The number of nitrogens with one attached hydrogen (secondary N) is 1. The Balaban J connectivity index is 2.40. The quantitative estimate of drug-likeness (QED) is 0.917. The van der Waals surface area contributed by atoms with Crippen LogP contribution in [0.3, 0.4) is 0 Å². The van der Waals surface area contributed by atoms with E-state index in [1.165, 1.54) is 25.3 Å². The predicted octanol–water partition coefficient (Wildman–Crippen LogP) is 2.04. The fraction of sp³-hybridized carbons (Fsp3) is 0.417. The average molecular weight is 274 g/mol. The minimum atomic E-state index is -4.51. The zero-order valence-corrected chi connectivity index (χ0v) is 10.2. The van der Waals surface area contributed by atoms with E-state index >= 15 is 0 Å². The molecule has 1 N–H and O–H groups in total. The molecule has 1 heterocycles. The van der Waals surface area contributed by atoms with Crippen LogP contribution in [0.1, 0.15) is 18.0 Å². The first kappa shape index (κ1) is 13.7. The molecule has 0 bridgehead atoms. The third-order valence-electron chi connectivity index (χ3n) is 2.90. The summed E-state index contributed by atoms with van der Waals surface area (Å²) in [7, 11) is 1.31. The van der Waals surface area contributed by atoms with Gasteiger partial charge in [-0.25, -0.2) is 5.01 Å². The van der Waals surface area contributed by atoms with Crippen LogP contribution in [0.4, 0.5) is 13.2 Å². The van der Waals surface area contributed by atoms with Crippen molar-refractivity contribution in [2.75, 3.05) is 13.7 Å². The Kier molecular flexibility index (Phi) is 3.66. The molecule has 1 saturated heterocycles. The molecule has 0 radical (unpaired) electrons. The number of methoxy groups -OCH3 is 1. The summed E-state index contributed by atoms with van der Waals surface area (Å²) < 4.78 is 44.7. The van der Waals surface area contributed by atoms with Crippen LogP contribution >= 0.6 is 0 Å². The molecule has 19 heavy (non-hydrogen) atoms. The van der Waals surface area contributed by atoms with Gasteiger partial charge < -0.3 is 4.74 Å². The Morgan fingerprint density at radius 3 is 2.58 bits per heavy atom. The molecule has 7 heteroatoms. The van der Waals surface area contributed by atoms with Crippen molar-refractivity contribution in [1.82, 2.24) is 10.4 Å². The number of ether oxygens (including phenoxy) is 1. The smallest absolute Gasteiger partial charge is 0.410 e. The molecule has 0 spiro atoms. The second-order valence-electron chi connectivity index (χ2n) is 4.16. The van der Waals surface area contributed by atoms with E-state index in [1.54, 1.807) is 6.07 Å². The Morgan fingerprint density at radius 1 is 1.37 bits per heavy atom. The number of hydrogen-bond donors (Lipinski definition) is 1. The van der Waals surface area contributed by atoms with Crippen molar-refractivity contribution < 1.29 is 22.7 Å². The van der Waals surface area contributed by atoms with Crippen LogP contribution in [-0.2, 0) is 4.79 Å². The Morgan fingerprint density at radius 2 is 2.05 bits per heavy atom. The molecular formula is C12H13F3N2O2. The van der Waals surface area contributed by atoms with Crippen molar-refractivity contribution in [3.8, 4) is 5.75 Å². The zero-order chi connectivity index (χ0) is 14.0. The fourth-order valence-corrected chi connectivity index (χ4v) is 2.10. The molecule has 1 aromatic carbocycles. The third-order valence-corrected chi connectivity index (χ3v) is 2.90. The van der Waals surface area contributed by atoms with Gasteiger partial charge in [-0.15, -0.1) is 0 Å². The molecule has 1 aromatic rings. The van der Waals surface area contributed by atoms with E-state index in [9.17, 15) is 18.0 Å². The number of alkyl halides is 3. The fourth-order valence-electron chi connectivity index (χ4n) is 2.10. The topological polar surface area (TPSA) is 41.6 Å². The molecule has 2 rings (SSSR count). The summed E-state index contributed by atoms with van der Waals surface area (Å²) in [5.41, 5.74) is 2.21. The van der Waals surface area contributed by atoms with Gasteiger partial charge in [0.05, 0.1) is 7.11 Å². The van der Waals surface area contributed by atoms with Gasteiger partial charge in [-0.3, -0.25) is 10.2 Å². The highest BCUT2D eigenvalue weighted by molar-refractivity contribution is 5.77. The van der Waals surface area contributed by atoms with Crippen LogP contribution in [0.25, 0.3) is 0 Å². The number of hydrogen-bond acceptors (Lipinski definition) is 3. The molecule has 1 fully saturated rings. The SMILES string of the molecule is COc1ccccc1[C@H](N1CCC(=O)N1)C(F)(F)F. The summed E-state index contributed by atoms with van der Waals surface area (Å²) in [6.45, 7) is 0.0149. The van der Waals surface area contributed by atoms with Gasteiger partial charge in [0.1, 0.15) is 5.75 Å². The highest BCUT2D eigenvalue weighted by Crippen LogP contribution is 2.41. The van der Waals surface area contributed by atoms with Crippen molar-refractivity contribution >= 4 is 5.91 Å². The predicted molar refractivity (Wildman–Crippen MR) is 61.3 cm³/mol. The maximum Gasteiger partial charge on any atom is 0.410 e. The summed E-state index contributed by atoms with van der Waals surface area (Å²) in [5, 5.41) is 0.903. The summed E-state index contributed by atoms with van der Waals surface area (Å²) in [6.07, 6.45) is -4.45. The monoisotopic (exact) mass is 274 g/mol. The summed E-state index contributed by atoms with van der Waals surface area (Å²) >= 11 is 0. The van der Waals surface area contributed by atoms with Crippen LogP contribution in [0.2, 0.25) is 0 Å². The molecule has 1 amide bonds. The molecule has 4 nitrogen and oxygen atoms in total. The van der Waals surface area contributed by atoms with E-state index in [-0.39, 0.29) is 24.3 Å². The van der Waals surface area contributed by atoms with Crippen molar-refractivity contribution in [2.24, 2.45) is 0 Å². The molecule has 0 aliphatic carbocycles. The van der Waals surface area contributed by atoms with Crippen molar-refractivity contribution in [2.45, 2.75) is 18.6 Å². The number of para-hydroxylation sites is 1. The number of carbonyl (C=O) groups excluding carboxylic acids is 1. The lowest BCUT2D eigenvalue weighted by Crippen LogP contribution is -2.43. The van der Waals surface area contributed by atoms with E-state index in [4.69, 9.17) is 4.74 Å². The van der Waals surface area contributed by atoms with Gasteiger partial charge in [-0.1, -0.05) is 18.2 Å². The molecule has 1 aliphatic heterocycles.